The lowest BCUT2D eigenvalue weighted by Crippen LogP contribution is -2.49. The van der Waals surface area contributed by atoms with Crippen molar-refractivity contribution < 1.29 is 0 Å². The monoisotopic (exact) mass is 405 g/mol. The molecule has 2 unspecified atom stereocenters. The largest absolute Gasteiger partial charge is 0.356 e. The van der Waals surface area contributed by atoms with E-state index in [-0.39, 0.29) is 18.5 Å². The first-order valence-electron chi connectivity index (χ1n) is 11.2. The maximum absolute atomic E-state index is 4.58. The van der Waals surface area contributed by atoms with Crippen molar-refractivity contribution in [3.8, 4) is 0 Å². The van der Waals surface area contributed by atoms with Crippen molar-refractivity contribution in [2.45, 2.75) is 45.4 Å². The summed E-state index contributed by atoms with van der Waals surface area (Å²) < 4.78 is 0. The smallest absolute Gasteiger partial charge is 0.241 e. The van der Waals surface area contributed by atoms with Crippen LogP contribution in [0, 0.1) is 0 Å². The zero-order valence-electron chi connectivity index (χ0n) is 19.3. The van der Waals surface area contributed by atoms with Crippen LogP contribution in [0.15, 0.2) is 108 Å². The van der Waals surface area contributed by atoms with Gasteiger partial charge in [-0.1, -0.05) is 93.7 Å². The van der Waals surface area contributed by atoms with Gasteiger partial charge in [0.2, 0.25) is 6.71 Å². The summed E-state index contributed by atoms with van der Waals surface area (Å²) in [6, 6.07) is 4.85. The van der Waals surface area contributed by atoms with Crippen LogP contribution in [0.25, 0.3) is 0 Å². The lowest BCUT2D eigenvalue weighted by Gasteiger charge is -2.42. The maximum atomic E-state index is 4.58. The Bertz CT molecular complexity index is 1050. The van der Waals surface area contributed by atoms with Crippen molar-refractivity contribution in [2.75, 3.05) is 0 Å². The minimum atomic E-state index is 0.130. The molecule has 0 aliphatic carbocycles. The molecule has 0 amide bonds. The topological polar surface area (TPSA) is 12.0 Å². The van der Waals surface area contributed by atoms with E-state index in [1.165, 1.54) is 33.3 Å². The molecule has 4 rings (SSSR count). The third kappa shape index (κ3) is 3.55. The van der Waals surface area contributed by atoms with E-state index in [2.05, 4.69) is 95.8 Å². The average Bonchev–Trinajstić information content (AvgIpc) is 2.71. The van der Waals surface area contributed by atoms with Crippen molar-refractivity contribution >= 4 is 12.2 Å². The summed E-state index contributed by atoms with van der Waals surface area (Å²) >= 11 is 0. The van der Waals surface area contributed by atoms with Crippen LogP contribution in [-0.2, 0) is 0 Å². The zero-order chi connectivity index (χ0) is 22.4. The van der Waals surface area contributed by atoms with Gasteiger partial charge in [0, 0.05) is 23.2 Å². The predicted octanol–water partition coefficient (Wildman–Crippen LogP) is 6.53. The first kappa shape index (κ1) is 21.2. The second-order valence-corrected chi connectivity index (χ2v) is 9.33. The molecule has 2 heteroatoms. The predicted molar refractivity (Wildman–Crippen MR) is 137 cm³/mol. The summed E-state index contributed by atoms with van der Waals surface area (Å²) in [6.45, 7) is 26.7. The minimum Gasteiger partial charge on any atom is -0.356 e. The zero-order valence-corrected chi connectivity index (χ0v) is 19.3. The van der Waals surface area contributed by atoms with E-state index < -0.39 is 0 Å². The second kappa shape index (κ2) is 7.92. The molecule has 3 bridgehead atoms. The van der Waals surface area contributed by atoms with Crippen LogP contribution in [0.2, 0.25) is 0 Å². The minimum absolute atomic E-state index is 0.130. The van der Waals surface area contributed by atoms with E-state index in [0.29, 0.717) is 5.92 Å². The summed E-state index contributed by atoms with van der Waals surface area (Å²) in [4.78, 5) is 0. The molecule has 1 aromatic rings. The number of benzene rings is 1. The molecule has 3 aliphatic rings. The standard InChI is InChI=1S/C29H32BN/c1-17(2)24-15-27-20(5)25-13-9-11-18(3)31-19(4)12-10-14-26-21(6)28(16-24)29(27)30(22(25)7)23(26)8/h9-17,20-21,31H,3-4,7-8H2,1-2,5-6H3/b11-9-,12-10-,25-13-,26-14-. The van der Waals surface area contributed by atoms with Crippen LogP contribution in [-0.4, -0.2) is 6.71 Å². The summed E-state index contributed by atoms with van der Waals surface area (Å²) in [7, 11) is 0. The van der Waals surface area contributed by atoms with Gasteiger partial charge in [-0.3, -0.25) is 0 Å². The molecule has 0 saturated carbocycles. The molecule has 156 valence electrons. The fourth-order valence-electron chi connectivity index (χ4n) is 5.22. The summed E-state index contributed by atoms with van der Waals surface area (Å²) in [5, 5.41) is 3.24. The highest BCUT2D eigenvalue weighted by Gasteiger charge is 2.43. The maximum Gasteiger partial charge on any atom is 0.241 e. The Labute approximate surface area is 188 Å². The summed E-state index contributed by atoms with van der Waals surface area (Å²) in [5.41, 5.74) is 12.2. The van der Waals surface area contributed by atoms with Crippen molar-refractivity contribution in [1.82, 2.24) is 5.32 Å². The Morgan fingerprint density at radius 1 is 0.806 bits per heavy atom. The average molecular weight is 405 g/mol. The SMILES string of the molecule is C=C1/C=C\C=C2/C(=C)B3C(=C)/C(=C\C=C/C(=C)N1)C(C)c1cc(C(C)C)cc(c13)C2C. The van der Waals surface area contributed by atoms with E-state index in [9.17, 15) is 0 Å². The molecule has 2 atom stereocenters. The normalized spacial score (nSPS) is 28.5. The molecule has 0 spiro atoms. The van der Waals surface area contributed by atoms with E-state index in [1.807, 2.05) is 12.2 Å². The number of fused-ring (bicyclic) bond motifs is 2. The van der Waals surface area contributed by atoms with Crippen LogP contribution in [0.1, 0.15) is 62.1 Å². The molecular formula is C29H32BN. The van der Waals surface area contributed by atoms with Gasteiger partial charge in [0.1, 0.15) is 0 Å². The molecule has 3 heterocycles. The van der Waals surface area contributed by atoms with Gasteiger partial charge in [-0.05, 0) is 45.9 Å². The van der Waals surface area contributed by atoms with Crippen molar-refractivity contribution in [3.63, 3.8) is 0 Å². The lowest BCUT2D eigenvalue weighted by molar-refractivity contribution is 0.827. The van der Waals surface area contributed by atoms with Crippen LogP contribution in [0.3, 0.4) is 0 Å². The Morgan fingerprint density at radius 3 is 1.68 bits per heavy atom. The van der Waals surface area contributed by atoms with E-state index in [0.717, 1.165) is 22.3 Å². The van der Waals surface area contributed by atoms with E-state index in [4.69, 9.17) is 0 Å². The molecular weight excluding hydrogens is 373 g/mol. The van der Waals surface area contributed by atoms with Gasteiger partial charge in [0.05, 0.1) is 0 Å². The molecule has 1 N–H and O–H groups in total. The van der Waals surface area contributed by atoms with Gasteiger partial charge in [-0.25, -0.2) is 0 Å². The first-order chi connectivity index (χ1) is 14.7. The molecule has 0 saturated heterocycles. The highest BCUT2D eigenvalue weighted by Crippen LogP contribution is 2.45. The molecule has 0 aromatic heterocycles. The molecule has 31 heavy (non-hydrogen) atoms. The Kier molecular flexibility index (Phi) is 5.43. The van der Waals surface area contributed by atoms with Gasteiger partial charge < -0.3 is 5.32 Å². The van der Waals surface area contributed by atoms with Gasteiger partial charge in [-0.2, -0.15) is 0 Å². The summed E-state index contributed by atoms with van der Waals surface area (Å²) in [5.74, 6) is 1.06. The Morgan fingerprint density at radius 2 is 1.26 bits per heavy atom. The van der Waals surface area contributed by atoms with Gasteiger partial charge in [0.15, 0.2) is 0 Å². The van der Waals surface area contributed by atoms with Crippen LogP contribution < -0.4 is 10.8 Å². The number of nitrogens with one attached hydrogen (secondary N) is 1. The molecule has 3 aliphatic heterocycles. The van der Waals surface area contributed by atoms with E-state index in [1.54, 1.807) is 0 Å². The highest BCUT2D eigenvalue weighted by atomic mass is 14.9. The number of allylic oxidation sites excluding steroid dienone is 10. The highest BCUT2D eigenvalue weighted by molar-refractivity contribution is 6.89. The van der Waals surface area contributed by atoms with Crippen molar-refractivity contribution in [3.05, 3.63) is 125 Å². The third-order valence-electron chi connectivity index (χ3n) is 6.99. The van der Waals surface area contributed by atoms with Crippen molar-refractivity contribution in [2.24, 2.45) is 0 Å². The number of hydrogen-bond acceptors (Lipinski definition) is 1. The van der Waals surface area contributed by atoms with Crippen LogP contribution >= 0.6 is 0 Å². The van der Waals surface area contributed by atoms with E-state index >= 15 is 0 Å². The van der Waals surface area contributed by atoms with Gasteiger partial charge in [-0.15, -0.1) is 13.2 Å². The van der Waals surface area contributed by atoms with Gasteiger partial charge in [0.25, 0.3) is 0 Å². The lowest BCUT2D eigenvalue weighted by atomic mass is 9.27. The van der Waals surface area contributed by atoms with Crippen LogP contribution in [0.5, 0.6) is 0 Å². The van der Waals surface area contributed by atoms with Crippen molar-refractivity contribution in [1.29, 1.82) is 0 Å². The van der Waals surface area contributed by atoms with Gasteiger partial charge >= 0.3 is 0 Å². The molecule has 1 aromatic carbocycles. The number of hydrogen-bond donors (Lipinski definition) is 1. The molecule has 0 fully saturated rings. The summed E-state index contributed by atoms with van der Waals surface area (Å²) in [6.07, 6.45) is 12.5. The third-order valence-corrected chi connectivity index (χ3v) is 6.99. The quantitative estimate of drug-likeness (QED) is 0.524. The Hall–Kier alpha value is -3.00. The Balaban J connectivity index is 2.05. The fourth-order valence-corrected chi connectivity index (χ4v) is 5.22. The first-order valence-corrected chi connectivity index (χ1v) is 11.2. The van der Waals surface area contributed by atoms with Crippen LogP contribution in [0.4, 0.5) is 0 Å². The fraction of sp³-hybridized carbons (Fsp3) is 0.241. The second-order valence-electron chi connectivity index (χ2n) is 9.33. The molecule has 0 radical (unpaired) electrons. The number of rotatable bonds is 1. The molecule has 1 nitrogen and oxygen atoms in total.